The van der Waals surface area contributed by atoms with E-state index >= 15 is 0 Å². The van der Waals surface area contributed by atoms with E-state index in [-0.39, 0.29) is 11.3 Å². The lowest BCUT2D eigenvalue weighted by atomic mass is 9.73. The molecule has 1 aromatic heterocycles. The second-order valence-electron chi connectivity index (χ2n) is 14.5. The summed E-state index contributed by atoms with van der Waals surface area (Å²) in [5.74, 6) is 2.24. The lowest BCUT2D eigenvalue weighted by molar-refractivity contribution is 0.0964. The van der Waals surface area contributed by atoms with Crippen molar-refractivity contribution in [3.05, 3.63) is 64.3 Å². The normalized spacial score (nSPS) is 13.7. The number of carbonyl (C=O) groups is 1. The van der Waals surface area contributed by atoms with Crippen molar-refractivity contribution in [3.8, 4) is 5.75 Å². The Hall–Kier alpha value is -2.63. The second kappa shape index (κ2) is 16.7. The Bertz CT molecular complexity index is 1510. The molecule has 0 bridgehead atoms. The standard InChI is InChI=1S/C37H52ClIN6O2/c1-25-21-31(43-35-41-23-29(38)33(44-35)42-30-14-9-8-13-28(30)34(46)40-6)32(47-7)22-27(25)16-20-45(39)24-37(4,5)19-18-36(2,3)17-15-26-11-10-12-26/h8-9,13-14,21-23,26H,10-12,15-20,24H2,1-7H3,(H,40,46)(H2,41,42,43,44). The number of benzene rings is 2. The van der Waals surface area contributed by atoms with Crippen LogP contribution in [0.1, 0.15) is 94.1 Å². The summed E-state index contributed by atoms with van der Waals surface area (Å²) >= 11 is 8.94. The topological polar surface area (TPSA) is 91.4 Å². The quantitative estimate of drug-likeness (QED) is 0.0930. The van der Waals surface area contributed by atoms with Crippen LogP contribution in [-0.4, -0.2) is 46.2 Å². The molecule has 3 N–H and O–H groups in total. The van der Waals surface area contributed by atoms with E-state index in [1.165, 1.54) is 56.7 Å². The summed E-state index contributed by atoms with van der Waals surface area (Å²) in [5, 5.41) is 9.48. The Kier molecular flexibility index (Phi) is 13.2. The number of aromatic nitrogens is 2. The van der Waals surface area contributed by atoms with Crippen LogP contribution in [0.25, 0.3) is 0 Å². The molecule has 0 spiro atoms. The minimum Gasteiger partial charge on any atom is -0.495 e. The van der Waals surface area contributed by atoms with Crippen molar-refractivity contribution < 1.29 is 9.53 Å². The fraction of sp³-hybridized carbons (Fsp3) is 0.541. The molecule has 1 saturated carbocycles. The van der Waals surface area contributed by atoms with Gasteiger partial charge >= 0.3 is 0 Å². The molecule has 1 aliphatic rings. The van der Waals surface area contributed by atoms with E-state index < -0.39 is 0 Å². The van der Waals surface area contributed by atoms with E-state index in [4.69, 9.17) is 16.3 Å². The van der Waals surface area contributed by atoms with Crippen LogP contribution in [0, 0.1) is 23.7 Å². The molecule has 0 saturated heterocycles. The highest BCUT2D eigenvalue weighted by molar-refractivity contribution is 14.1. The maximum Gasteiger partial charge on any atom is 0.253 e. The first kappa shape index (κ1) is 37.2. The lowest BCUT2D eigenvalue weighted by Crippen LogP contribution is -2.30. The van der Waals surface area contributed by atoms with Gasteiger partial charge in [0.1, 0.15) is 10.8 Å². The Morgan fingerprint density at radius 1 is 1.06 bits per heavy atom. The van der Waals surface area contributed by atoms with Gasteiger partial charge in [0.05, 0.1) is 30.2 Å². The predicted octanol–water partition coefficient (Wildman–Crippen LogP) is 9.90. The highest BCUT2D eigenvalue weighted by Crippen LogP contribution is 2.39. The summed E-state index contributed by atoms with van der Waals surface area (Å²) in [6, 6.07) is 11.4. The second-order valence-corrected chi connectivity index (χ2v) is 16.3. The van der Waals surface area contributed by atoms with E-state index in [0.29, 0.717) is 39.2 Å². The maximum absolute atomic E-state index is 12.4. The Morgan fingerprint density at radius 2 is 1.79 bits per heavy atom. The number of nitrogens with zero attached hydrogens (tertiary/aromatic N) is 3. The molecule has 3 aromatic rings. The van der Waals surface area contributed by atoms with Gasteiger partial charge in [-0.05, 0) is 91.2 Å². The molecule has 2 aromatic carbocycles. The lowest BCUT2D eigenvalue weighted by Gasteiger charge is -2.35. The van der Waals surface area contributed by atoms with Gasteiger partial charge in [-0.3, -0.25) is 4.79 Å². The monoisotopic (exact) mass is 774 g/mol. The van der Waals surface area contributed by atoms with E-state index in [9.17, 15) is 4.79 Å². The molecule has 0 atom stereocenters. The number of aryl methyl sites for hydroxylation is 1. The first-order valence-electron chi connectivity index (χ1n) is 16.7. The van der Waals surface area contributed by atoms with Crippen LogP contribution in [0.3, 0.4) is 0 Å². The van der Waals surface area contributed by atoms with Crippen molar-refractivity contribution in [1.82, 2.24) is 18.4 Å². The zero-order valence-electron chi connectivity index (χ0n) is 29.1. The van der Waals surface area contributed by atoms with Gasteiger partial charge in [-0.25, -0.2) is 8.10 Å². The molecule has 8 nitrogen and oxygen atoms in total. The van der Waals surface area contributed by atoms with Gasteiger partial charge in [0.2, 0.25) is 5.95 Å². The first-order valence-corrected chi connectivity index (χ1v) is 18.1. The van der Waals surface area contributed by atoms with Crippen molar-refractivity contribution in [1.29, 1.82) is 0 Å². The van der Waals surface area contributed by atoms with Crippen molar-refractivity contribution in [2.24, 2.45) is 16.7 Å². The molecule has 1 fully saturated rings. The molecular formula is C37H52ClIN6O2. The number of halogens is 2. The highest BCUT2D eigenvalue weighted by Gasteiger charge is 2.28. The van der Waals surface area contributed by atoms with E-state index in [2.05, 4.69) is 98.6 Å². The third-order valence-electron chi connectivity index (χ3n) is 9.46. The van der Waals surface area contributed by atoms with Crippen LogP contribution >= 0.6 is 34.5 Å². The van der Waals surface area contributed by atoms with E-state index in [1.807, 2.05) is 6.07 Å². The Balaban J connectivity index is 1.36. The third kappa shape index (κ3) is 10.9. The van der Waals surface area contributed by atoms with Gasteiger partial charge < -0.3 is 20.7 Å². The summed E-state index contributed by atoms with van der Waals surface area (Å²) in [7, 11) is 3.27. The molecule has 0 radical (unpaired) electrons. The average molecular weight is 775 g/mol. The number of hydrogen-bond acceptors (Lipinski definition) is 7. The summed E-state index contributed by atoms with van der Waals surface area (Å²) in [4.78, 5) is 21.3. The zero-order valence-corrected chi connectivity index (χ0v) is 32.0. The molecule has 10 heteroatoms. The predicted molar refractivity (Wildman–Crippen MR) is 204 cm³/mol. The van der Waals surface area contributed by atoms with Crippen LogP contribution in [-0.2, 0) is 6.42 Å². The van der Waals surface area contributed by atoms with Gasteiger partial charge in [0.15, 0.2) is 5.82 Å². The summed E-state index contributed by atoms with van der Waals surface area (Å²) < 4.78 is 8.23. The van der Waals surface area contributed by atoms with Crippen LogP contribution in [0.5, 0.6) is 5.75 Å². The smallest absolute Gasteiger partial charge is 0.253 e. The van der Waals surface area contributed by atoms with Gasteiger partial charge in [-0.15, -0.1) is 0 Å². The summed E-state index contributed by atoms with van der Waals surface area (Å²) in [5.41, 5.74) is 4.92. The molecule has 1 amide bonds. The largest absolute Gasteiger partial charge is 0.495 e. The minimum absolute atomic E-state index is 0.208. The van der Waals surface area contributed by atoms with E-state index in [0.717, 1.165) is 36.7 Å². The molecule has 47 heavy (non-hydrogen) atoms. The van der Waals surface area contributed by atoms with Crippen LogP contribution < -0.4 is 20.7 Å². The molecule has 256 valence electrons. The SMILES string of the molecule is CNC(=O)c1ccccc1Nc1nc(Nc2cc(C)c(CCN(I)CC(C)(C)CCC(C)(C)CCC3CCC3)cc2OC)ncc1Cl. The molecule has 1 aliphatic carbocycles. The van der Waals surface area contributed by atoms with Crippen molar-refractivity contribution >= 4 is 63.5 Å². The molecule has 1 heterocycles. The van der Waals surface area contributed by atoms with Gasteiger partial charge in [-0.1, -0.05) is 70.7 Å². The van der Waals surface area contributed by atoms with Crippen LogP contribution in [0.15, 0.2) is 42.6 Å². The van der Waals surface area contributed by atoms with E-state index in [1.54, 1.807) is 32.4 Å². The van der Waals surface area contributed by atoms with Crippen LogP contribution in [0.2, 0.25) is 5.02 Å². The number of methoxy groups -OCH3 is 1. The maximum atomic E-state index is 12.4. The average Bonchev–Trinajstić information content (AvgIpc) is 3.00. The molecular weight excluding hydrogens is 723 g/mol. The summed E-state index contributed by atoms with van der Waals surface area (Å²) in [6.45, 7) is 13.9. The molecule has 4 rings (SSSR count). The number of rotatable bonds is 17. The van der Waals surface area contributed by atoms with Crippen molar-refractivity contribution in [2.45, 2.75) is 86.0 Å². The fourth-order valence-corrected chi connectivity index (χ4v) is 7.30. The molecule has 0 unspecified atom stereocenters. The Morgan fingerprint density at radius 3 is 2.47 bits per heavy atom. The van der Waals surface area contributed by atoms with Gasteiger partial charge in [0, 0.05) is 43.0 Å². The number of ether oxygens (including phenoxy) is 1. The highest BCUT2D eigenvalue weighted by atomic mass is 127. The van der Waals surface area contributed by atoms with Crippen molar-refractivity contribution in [3.63, 3.8) is 0 Å². The fourth-order valence-electron chi connectivity index (χ4n) is 6.00. The zero-order chi connectivity index (χ0) is 34.2. The number of nitrogens with one attached hydrogen (secondary N) is 3. The number of hydrogen-bond donors (Lipinski definition) is 3. The summed E-state index contributed by atoms with van der Waals surface area (Å²) in [6.07, 6.45) is 12.1. The first-order chi connectivity index (χ1) is 22.3. The van der Waals surface area contributed by atoms with Gasteiger partial charge in [0.25, 0.3) is 5.91 Å². The minimum atomic E-state index is -0.208. The van der Waals surface area contributed by atoms with Crippen molar-refractivity contribution in [2.75, 3.05) is 37.9 Å². The number of anilines is 4. The van der Waals surface area contributed by atoms with Gasteiger partial charge in [-0.2, -0.15) is 4.98 Å². The molecule has 0 aliphatic heterocycles. The number of para-hydroxylation sites is 1. The van der Waals surface area contributed by atoms with Crippen LogP contribution in [0.4, 0.5) is 23.1 Å². The Labute approximate surface area is 300 Å². The third-order valence-corrected chi connectivity index (χ3v) is 10.6. The number of amides is 1. The number of carbonyl (C=O) groups excluding carboxylic acids is 1.